The van der Waals surface area contributed by atoms with Crippen molar-refractivity contribution in [3.63, 3.8) is 0 Å². The van der Waals surface area contributed by atoms with Gasteiger partial charge in [0.25, 0.3) is 0 Å². The van der Waals surface area contributed by atoms with E-state index in [-0.39, 0.29) is 23.2 Å². The van der Waals surface area contributed by atoms with Gasteiger partial charge in [0, 0.05) is 24.8 Å². The average Bonchev–Trinajstić information content (AvgIpc) is 3.06. The van der Waals surface area contributed by atoms with Crippen LogP contribution in [0, 0.1) is 17.1 Å². The number of anilines is 1. The number of alkyl halides is 3. The van der Waals surface area contributed by atoms with Crippen molar-refractivity contribution in [3.8, 4) is 6.07 Å². The Kier molecular flexibility index (Phi) is 5.82. The van der Waals surface area contributed by atoms with Gasteiger partial charge in [0.15, 0.2) is 0 Å². The molecule has 0 aromatic heterocycles. The molecule has 0 spiro atoms. The Hall–Kier alpha value is -2.30. The molecule has 0 radical (unpaired) electrons. The topological polar surface area (TPSA) is 30.3 Å². The maximum Gasteiger partial charge on any atom is 0.416 e. The third-order valence-corrected chi connectivity index (χ3v) is 5.24. The summed E-state index contributed by atoms with van der Waals surface area (Å²) in [6.45, 7) is 1.46. The van der Waals surface area contributed by atoms with Gasteiger partial charge in [-0.2, -0.15) is 18.4 Å². The van der Waals surface area contributed by atoms with Gasteiger partial charge in [0.05, 0.1) is 16.1 Å². The Morgan fingerprint density at radius 3 is 2.57 bits per heavy atom. The second-order valence-electron chi connectivity index (χ2n) is 6.91. The zero-order valence-electron chi connectivity index (χ0n) is 15.1. The fourth-order valence-corrected chi connectivity index (χ4v) is 3.72. The number of hydrogen-bond acceptors (Lipinski definition) is 3. The number of nitriles is 1. The molecule has 0 amide bonds. The predicted octanol–water partition coefficient (Wildman–Crippen LogP) is 5.08. The molecule has 3 nitrogen and oxygen atoms in total. The van der Waals surface area contributed by atoms with E-state index in [9.17, 15) is 17.6 Å². The fraction of sp³-hybridized carbons (Fsp3) is 0.350. The van der Waals surface area contributed by atoms with Crippen LogP contribution in [0.5, 0.6) is 0 Å². The predicted molar refractivity (Wildman–Crippen MR) is 99.7 cm³/mol. The first-order valence-corrected chi connectivity index (χ1v) is 9.07. The SMILES string of the molecule is CN1CCC(N(Cc2ccc(F)cc2C(F)(F)F)c2ccc(C#N)c(Cl)c2)C1. The van der Waals surface area contributed by atoms with Crippen molar-refractivity contribution in [2.24, 2.45) is 0 Å². The molecule has 1 aliphatic heterocycles. The highest BCUT2D eigenvalue weighted by Gasteiger charge is 2.35. The lowest BCUT2D eigenvalue weighted by Crippen LogP contribution is -2.37. The summed E-state index contributed by atoms with van der Waals surface area (Å²) in [5.74, 6) is -0.926. The molecule has 148 valence electrons. The molecule has 1 atom stereocenters. The fourth-order valence-electron chi connectivity index (χ4n) is 3.50. The molecule has 2 aromatic carbocycles. The van der Waals surface area contributed by atoms with Crippen LogP contribution in [-0.4, -0.2) is 31.1 Å². The molecule has 0 saturated carbocycles. The van der Waals surface area contributed by atoms with Crippen molar-refractivity contribution in [2.75, 3.05) is 25.0 Å². The minimum atomic E-state index is -4.65. The minimum Gasteiger partial charge on any atom is -0.363 e. The summed E-state index contributed by atoms with van der Waals surface area (Å²) in [7, 11) is 1.95. The highest BCUT2D eigenvalue weighted by atomic mass is 35.5. The van der Waals surface area contributed by atoms with Crippen LogP contribution in [0.15, 0.2) is 36.4 Å². The first-order chi connectivity index (χ1) is 13.2. The molecular formula is C20H18ClF4N3. The Bertz CT molecular complexity index is 907. The van der Waals surface area contributed by atoms with Gasteiger partial charge in [-0.3, -0.25) is 0 Å². The first kappa shape index (κ1) is 20.4. The summed E-state index contributed by atoms with van der Waals surface area (Å²) in [5, 5.41) is 9.31. The van der Waals surface area contributed by atoms with E-state index in [1.165, 1.54) is 6.07 Å². The van der Waals surface area contributed by atoms with Crippen molar-refractivity contribution in [1.82, 2.24) is 4.90 Å². The number of likely N-dealkylation sites (N-methyl/N-ethyl adjacent to an activating group) is 1. The van der Waals surface area contributed by atoms with E-state index >= 15 is 0 Å². The Labute approximate surface area is 165 Å². The van der Waals surface area contributed by atoms with Gasteiger partial charge in [-0.1, -0.05) is 17.7 Å². The molecule has 1 saturated heterocycles. The van der Waals surface area contributed by atoms with Crippen LogP contribution in [0.2, 0.25) is 5.02 Å². The normalized spacial score (nSPS) is 17.5. The van der Waals surface area contributed by atoms with E-state index in [4.69, 9.17) is 16.9 Å². The van der Waals surface area contributed by atoms with E-state index in [0.29, 0.717) is 23.9 Å². The van der Waals surface area contributed by atoms with Crippen molar-refractivity contribution in [2.45, 2.75) is 25.2 Å². The van der Waals surface area contributed by atoms with Gasteiger partial charge in [-0.05, 0) is 55.9 Å². The van der Waals surface area contributed by atoms with Crippen molar-refractivity contribution >= 4 is 17.3 Å². The number of nitrogens with zero attached hydrogens (tertiary/aromatic N) is 3. The van der Waals surface area contributed by atoms with Crippen molar-refractivity contribution in [3.05, 3.63) is 63.9 Å². The monoisotopic (exact) mass is 411 g/mol. The van der Waals surface area contributed by atoms with Gasteiger partial charge < -0.3 is 9.80 Å². The maximum absolute atomic E-state index is 13.5. The molecule has 1 fully saturated rings. The number of hydrogen-bond donors (Lipinski definition) is 0. The lowest BCUT2D eigenvalue weighted by atomic mass is 10.0. The van der Waals surface area contributed by atoms with Crippen LogP contribution >= 0.6 is 11.6 Å². The summed E-state index contributed by atoms with van der Waals surface area (Å²) in [5.41, 5.74) is -0.0686. The van der Waals surface area contributed by atoms with Crippen LogP contribution in [0.3, 0.4) is 0 Å². The van der Waals surface area contributed by atoms with Crippen molar-refractivity contribution in [1.29, 1.82) is 5.26 Å². The maximum atomic E-state index is 13.5. The minimum absolute atomic E-state index is 0.0102. The summed E-state index contributed by atoms with van der Waals surface area (Å²) < 4.78 is 53.8. The molecule has 0 N–H and O–H groups in total. The highest BCUT2D eigenvalue weighted by molar-refractivity contribution is 6.32. The molecule has 8 heteroatoms. The van der Waals surface area contributed by atoms with Crippen LogP contribution in [0.25, 0.3) is 0 Å². The van der Waals surface area contributed by atoms with Gasteiger partial charge in [-0.15, -0.1) is 0 Å². The van der Waals surface area contributed by atoms with E-state index in [1.54, 1.807) is 18.2 Å². The van der Waals surface area contributed by atoms with Gasteiger partial charge in [0.2, 0.25) is 0 Å². The summed E-state index contributed by atoms with van der Waals surface area (Å²) in [6.07, 6.45) is -3.88. The van der Waals surface area contributed by atoms with E-state index in [1.807, 2.05) is 18.0 Å². The van der Waals surface area contributed by atoms with Crippen LogP contribution in [-0.2, 0) is 12.7 Å². The standard InChI is InChI=1S/C20H18ClF4N3/c1-27-7-6-17(12-27)28(16-5-3-13(10-26)19(21)9-16)11-14-2-4-15(22)8-18(14)20(23,24)25/h2-5,8-9,17H,6-7,11-12H2,1H3. The molecule has 0 aliphatic carbocycles. The lowest BCUT2D eigenvalue weighted by molar-refractivity contribution is -0.138. The number of likely N-dealkylation sites (tertiary alicyclic amines) is 1. The summed E-state index contributed by atoms with van der Waals surface area (Å²) in [6, 6.07) is 9.51. The first-order valence-electron chi connectivity index (χ1n) is 8.69. The second kappa shape index (κ2) is 7.98. The highest BCUT2D eigenvalue weighted by Crippen LogP contribution is 2.35. The molecule has 1 heterocycles. The molecule has 3 rings (SSSR count). The quantitative estimate of drug-likeness (QED) is 0.657. The summed E-state index contributed by atoms with van der Waals surface area (Å²) in [4.78, 5) is 3.94. The third kappa shape index (κ3) is 4.40. The molecule has 0 bridgehead atoms. The Morgan fingerprint density at radius 2 is 2.00 bits per heavy atom. The van der Waals surface area contributed by atoms with Crippen molar-refractivity contribution < 1.29 is 17.6 Å². The molecule has 1 unspecified atom stereocenters. The molecule has 2 aromatic rings. The van der Waals surface area contributed by atoms with Gasteiger partial charge >= 0.3 is 6.18 Å². The van der Waals surface area contributed by atoms with Crippen LogP contribution in [0.1, 0.15) is 23.1 Å². The summed E-state index contributed by atoms with van der Waals surface area (Å²) >= 11 is 6.15. The zero-order valence-corrected chi connectivity index (χ0v) is 15.9. The molecular weight excluding hydrogens is 394 g/mol. The lowest BCUT2D eigenvalue weighted by Gasteiger charge is -2.32. The van der Waals surface area contributed by atoms with Gasteiger partial charge in [-0.25, -0.2) is 4.39 Å². The van der Waals surface area contributed by atoms with E-state index < -0.39 is 17.6 Å². The van der Waals surface area contributed by atoms with E-state index in [0.717, 1.165) is 19.0 Å². The van der Waals surface area contributed by atoms with E-state index in [2.05, 4.69) is 4.90 Å². The molecule has 28 heavy (non-hydrogen) atoms. The van der Waals surface area contributed by atoms with Gasteiger partial charge in [0.1, 0.15) is 11.9 Å². The smallest absolute Gasteiger partial charge is 0.363 e. The number of benzene rings is 2. The average molecular weight is 412 g/mol. The second-order valence-corrected chi connectivity index (χ2v) is 7.32. The van der Waals surface area contributed by atoms with Crippen LogP contribution in [0.4, 0.5) is 23.2 Å². The number of halogens is 5. The Morgan fingerprint density at radius 1 is 1.25 bits per heavy atom. The Balaban J connectivity index is 2.02. The molecule has 1 aliphatic rings. The third-order valence-electron chi connectivity index (χ3n) is 4.93. The zero-order chi connectivity index (χ0) is 20.5. The number of rotatable bonds is 4. The van der Waals surface area contributed by atoms with Crippen LogP contribution < -0.4 is 4.90 Å². The largest absolute Gasteiger partial charge is 0.416 e.